The van der Waals surface area contributed by atoms with E-state index in [9.17, 15) is 19.7 Å². The largest absolute Gasteiger partial charge is 0.356 e. The van der Waals surface area contributed by atoms with Gasteiger partial charge in [0.1, 0.15) is 5.69 Å². The van der Waals surface area contributed by atoms with Gasteiger partial charge in [0.25, 0.3) is 5.69 Å². The Labute approximate surface area is 128 Å². The highest BCUT2D eigenvalue weighted by atomic mass is 16.6. The fourth-order valence-electron chi connectivity index (χ4n) is 1.79. The normalized spacial score (nSPS) is 10.0. The number of hydrogen-bond acceptors (Lipinski definition) is 5. The second-order valence-electron chi connectivity index (χ2n) is 4.56. The molecule has 1 rings (SSSR count). The fourth-order valence-corrected chi connectivity index (χ4v) is 1.79. The van der Waals surface area contributed by atoms with E-state index >= 15 is 0 Å². The first-order chi connectivity index (χ1) is 10.5. The summed E-state index contributed by atoms with van der Waals surface area (Å²) in [6.07, 6.45) is 1.01. The molecule has 8 heteroatoms. The molecule has 0 fully saturated rings. The second kappa shape index (κ2) is 9.46. The van der Waals surface area contributed by atoms with E-state index in [2.05, 4.69) is 16.0 Å². The second-order valence-corrected chi connectivity index (χ2v) is 4.56. The molecule has 0 aromatic heterocycles. The zero-order valence-corrected chi connectivity index (χ0v) is 12.4. The van der Waals surface area contributed by atoms with Gasteiger partial charge >= 0.3 is 0 Å². The van der Waals surface area contributed by atoms with Gasteiger partial charge in [0, 0.05) is 19.0 Å². The van der Waals surface area contributed by atoms with Gasteiger partial charge in [-0.25, -0.2) is 0 Å². The molecular formula is C14H20N4O4. The number of hydrogen-bond donors (Lipinski definition) is 3. The maximum absolute atomic E-state index is 11.7. The van der Waals surface area contributed by atoms with E-state index in [1.54, 1.807) is 6.07 Å². The summed E-state index contributed by atoms with van der Waals surface area (Å²) in [5, 5.41) is 18.9. The first-order valence-corrected chi connectivity index (χ1v) is 7.05. The van der Waals surface area contributed by atoms with Crippen molar-refractivity contribution in [3.8, 4) is 0 Å². The van der Waals surface area contributed by atoms with Gasteiger partial charge in [-0.2, -0.15) is 0 Å². The van der Waals surface area contributed by atoms with E-state index in [1.807, 2.05) is 6.92 Å². The van der Waals surface area contributed by atoms with E-state index in [-0.39, 0.29) is 29.7 Å². The lowest BCUT2D eigenvalue weighted by Gasteiger charge is -2.07. The zero-order valence-electron chi connectivity index (χ0n) is 12.4. The first kappa shape index (κ1) is 17.6. The number of carbonyl (C=O) groups excluding carboxylic acids is 2. The summed E-state index contributed by atoms with van der Waals surface area (Å²) < 4.78 is 0. The summed E-state index contributed by atoms with van der Waals surface area (Å²) in [7, 11) is 0. The minimum Gasteiger partial charge on any atom is -0.356 e. The van der Waals surface area contributed by atoms with E-state index < -0.39 is 4.92 Å². The molecule has 0 aliphatic carbocycles. The topological polar surface area (TPSA) is 113 Å². The van der Waals surface area contributed by atoms with Crippen molar-refractivity contribution in [1.29, 1.82) is 0 Å². The third kappa shape index (κ3) is 6.31. The molecule has 3 N–H and O–H groups in total. The van der Waals surface area contributed by atoms with Gasteiger partial charge < -0.3 is 16.0 Å². The number of nitrogens with zero attached hydrogens (tertiary/aromatic N) is 1. The molecule has 0 aliphatic rings. The van der Waals surface area contributed by atoms with E-state index in [0.717, 1.165) is 0 Å². The summed E-state index contributed by atoms with van der Waals surface area (Å²) in [5.74, 6) is -0.388. The van der Waals surface area contributed by atoms with Gasteiger partial charge in [-0.1, -0.05) is 12.1 Å². The lowest BCUT2D eigenvalue weighted by atomic mass is 10.2. The van der Waals surface area contributed by atoms with Crippen molar-refractivity contribution in [3.05, 3.63) is 34.4 Å². The molecule has 0 aliphatic heterocycles. The molecule has 0 unspecified atom stereocenters. The Balaban J connectivity index is 2.30. The van der Waals surface area contributed by atoms with Crippen LogP contribution in [0.25, 0.3) is 0 Å². The molecule has 2 amide bonds. The smallest absolute Gasteiger partial charge is 0.292 e. The van der Waals surface area contributed by atoms with Crippen molar-refractivity contribution in [1.82, 2.24) is 10.6 Å². The molecule has 1 aromatic carbocycles. The van der Waals surface area contributed by atoms with E-state index in [1.165, 1.54) is 18.2 Å². The summed E-state index contributed by atoms with van der Waals surface area (Å²) >= 11 is 0. The Kier molecular flexibility index (Phi) is 7.55. The van der Waals surface area contributed by atoms with Crippen LogP contribution < -0.4 is 16.0 Å². The Morgan fingerprint density at radius 2 is 1.95 bits per heavy atom. The van der Waals surface area contributed by atoms with Gasteiger partial charge in [0.05, 0.1) is 11.5 Å². The van der Waals surface area contributed by atoms with Gasteiger partial charge in [-0.15, -0.1) is 0 Å². The van der Waals surface area contributed by atoms with Crippen LogP contribution in [0.3, 0.4) is 0 Å². The molecule has 0 bridgehead atoms. The lowest BCUT2D eigenvalue weighted by molar-refractivity contribution is -0.383. The Morgan fingerprint density at radius 3 is 2.64 bits per heavy atom. The number of rotatable bonds is 9. The number of para-hydroxylation sites is 2. The Hall–Kier alpha value is -2.48. The van der Waals surface area contributed by atoms with Gasteiger partial charge in [-0.3, -0.25) is 19.7 Å². The van der Waals surface area contributed by atoms with Crippen LogP contribution >= 0.6 is 0 Å². The predicted molar refractivity (Wildman–Crippen MR) is 82.5 cm³/mol. The van der Waals surface area contributed by atoms with E-state index in [0.29, 0.717) is 25.9 Å². The number of nitro groups is 1. The highest BCUT2D eigenvalue weighted by Crippen LogP contribution is 2.22. The van der Waals surface area contributed by atoms with Crippen molar-refractivity contribution in [2.45, 2.75) is 19.8 Å². The standard InChI is InChI=1S/C14H20N4O4/c1-2-16-13(19)8-5-9-15-10-14(20)17-11-6-3-4-7-12(11)18(21)22/h3-4,6-7,15H,2,5,8-10H2,1H3,(H,16,19)(H,17,20). The van der Waals surface area contributed by atoms with Gasteiger partial charge in [-0.05, 0) is 26.0 Å². The van der Waals surface area contributed by atoms with Crippen LogP contribution in [-0.2, 0) is 9.59 Å². The Bertz CT molecular complexity index is 533. The number of benzene rings is 1. The summed E-state index contributed by atoms with van der Waals surface area (Å²) in [4.78, 5) is 33.2. The highest BCUT2D eigenvalue weighted by molar-refractivity contribution is 5.94. The zero-order chi connectivity index (χ0) is 16.4. The maximum Gasteiger partial charge on any atom is 0.292 e. The average molecular weight is 308 g/mol. The third-order valence-corrected chi connectivity index (χ3v) is 2.79. The molecule has 0 spiro atoms. The number of amides is 2. The number of nitro benzene ring substituents is 1. The molecule has 0 saturated carbocycles. The van der Waals surface area contributed by atoms with Crippen LogP contribution in [0.4, 0.5) is 11.4 Å². The highest BCUT2D eigenvalue weighted by Gasteiger charge is 2.14. The predicted octanol–water partition coefficient (Wildman–Crippen LogP) is 1.04. The third-order valence-electron chi connectivity index (χ3n) is 2.79. The lowest BCUT2D eigenvalue weighted by Crippen LogP contribution is -2.30. The van der Waals surface area contributed by atoms with Crippen molar-refractivity contribution in [3.63, 3.8) is 0 Å². The van der Waals surface area contributed by atoms with Crippen LogP contribution in [0.1, 0.15) is 19.8 Å². The summed E-state index contributed by atoms with van der Waals surface area (Å²) in [5.41, 5.74) is 0.0220. The Morgan fingerprint density at radius 1 is 1.23 bits per heavy atom. The summed E-state index contributed by atoms with van der Waals surface area (Å²) in [6.45, 7) is 3.00. The molecule has 1 aromatic rings. The fraction of sp³-hybridized carbons (Fsp3) is 0.429. The van der Waals surface area contributed by atoms with Crippen molar-refractivity contribution < 1.29 is 14.5 Å². The first-order valence-electron chi connectivity index (χ1n) is 7.05. The molecule has 0 radical (unpaired) electrons. The minimum atomic E-state index is -0.546. The maximum atomic E-state index is 11.7. The molecule has 0 heterocycles. The minimum absolute atomic E-state index is 0.0198. The molecule has 8 nitrogen and oxygen atoms in total. The summed E-state index contributed by atoms with van der Waals surface area (Å²) in [6, 6.07) is 5.95. The van der Waals surface area contributed by atoms with Crippen LogP contribution in [0.5, 0.6) is 0 Å². The van der Waals surface area contributed by atoms with Gasteiger partial charge in [0.2, 0.25) is 11.8 Å². The van der Waals surface area contributed by atoms with Crippen LogP contribution in [0.15, 0.2) is 24.3 Å². The van der Waals surface area contributed by atoms with Crippen molar-refractivity contribution in [2.75, 3.05) is 25.0 Å². The van der Waals surface area contributed by atoms with Crippen LogP contribution in [0.2, 0.25) is 0 Å². The quantitative estimate of drug-likeness (QED) is 0.358. The van der Waals surface area contributed by atoms with Crippen molar-refractivity contribution in [2.24, 2.45) is 0 Å². The molecule has 0 atom stereocenters. The number of nitrogens with one attached hydrogen (secondary N) is 3. The monoisotopic (exact) mass is 308 g/mol. The van der Waals surface area contributed by atoms with Gasteiger partial charge in [0.15, 0.2) is 0 Å². The SMILES string of the molecule is CCNC(=O)CCCNCC(=O)Nc1ccccc1[N+](=O)[O-]. The number of carbonyl (C=O) groups is 2. The number of anilines is 1. The van der Waals surface area contributed by atoms with Crippen molar-refractivity contribution >= 4 is 23.2 Å². The van der Waals surface area contributed by atoms with E-state index in [4.69, 9.17) is 0 Å². The molecule has 0 saturated heterocycles. The molecular weight excluding hydrogens is 288 g/mol. The molecule has 120 valence electrons. The average Bonchev–Trinajstić information content (AvgIpc) is 2.47. The van der Waals surface area contributed by atoms with Crippen LogP contribution in [-0.4, -0.2) is 36.4 Å². The molecule has 22 heavy (non-hydrogen) atoms. The van der Waals surface area contributed by atoms with Crippen LogP contribution in [0, 0.1) is 10.1 Å².